The Bertz CT molecular complexity index is 1600. The molecule has 204 valence electrons. The summed E-state index contributed by atoms with van der Waals surface area (Å²) >= 11 is 0. The molecule has 0 aliphatic carbocycles. The standard InChI is InChI=1S/C29H30N2O6S2/c1-5-20-31(39(35,36)27-17-13-24(4)14-18-27)28-10-8-7-9-25(28)22-30(21-19-29(32)37-6-2)38(33,34)26-15-11-23(3)12-16-26/h5,7-18H,1,6,20,22H2,2-4H3. The second-order valence-electron chi connectivity index (χ2n) is 8.55. The van der Waals surface area contributed by atoms with Crippen molar-refractivity contribution in [1.82, 2.24) is 4.31 Å². The van der Waals surface area contributed by atoms with Crippen LogP contribution in [0.5, 0.6) is 0 Å². The first-order chi connectivity index (χ1) is 18.5. The highest BCUT2D eigenvalue weighted by Gasteiger charge is 2.28. The first-order valence-corrected chi connectivity index (χ1v) is 14.9. The fourth-order valence-electron chi connectivity index (χ4n) is 3.62. The van der Waals surface area contributed by atoms with Crippen LogP contribution >= 0.6 is 0 Å². The molecule has 0 N–H and O–H groups in total. The van der Waals surface area contributed by atoms with Gasteiger partial charge in [0.15, 0.2) is 0 Å². The highest BCUT2D eigenvalue weighted by atomic mass is 32.2. The van der Waals surface area contributed by atoms with Gasteiger partial charge in [-0.3, -0.25) is 4.31 Å². The molecular weight excluding hydrogens is 536 g/mol. The van der Waals surface area contributed by atoms with Gasteiger partial charge in [-0.15, -0.1) is 6.58 Å². The van der Waals surface area contributed by atoms with E-state index in [1.807, 2.05) is 13.8 Å². The minimum atomic E-state index is -4.21. The molecule has 0 heterocycles. The first kappa shape index (κ1) is 29.5. The monoisotopic (exact) mass is 566 g/mol. The summed E-state index contributed by atoms with van der Waals surface area (Å²) in [5.41, 5.74) is 2.37. The number of nitrogens with zero attached hydrogens (tertiary/aromatic N) is 2. The number of benzene rings is 3. The van der Waals surface area contributed by atoms with Crippen molar-refractivity contribution < 1.29 is 26.4 Å². The van der Waals surface area contributed by atoms with Gasteiger partial charge in [0.2, 0.25) is 0 Å². The minimum Gasteiger partial charge on any atom is -0.456 e. The van der Waals surface area contributed by atoms with E-state index in [1.54, 1.807) is 55.5 Å². The van der Waals surface area contributed by atoms with Crippen LogP contribution in [0.2, 0.25) is 0 Å². The van der Waals surface area contributed by atoms with Gasteiger partial charge in [0.1, 0.15) is 0 Å². The van der Waals surface area contributed by atoms with Crippen LogP contribution in [0.4, 0.5) is 5.69 Å². The van der Waals surface area contributed by atoms with Gasteiger partial charge in [-0.2, -0.15) is 0 Å². The molecule has 0 spiro atoms. The third-order valence-corrected chi connectivity index (χ3v) is 9.11. The summed E-state index contributed by atoms with van der Waals surface area (Å²) in [5, 5.41) is 0. The molecule has 0 aromatic heterocycles. The molecule has 3 aromatic rings. The molecule has 0 radical (unpaired) electrons. The number of carbonyl (C=O) groups is 1. The van der Waals surface area contributed by atoms with Crippen LogP contribution in [0.25, 0.3) is 0 Å². The molecular formula is C29H30N2O6S2. The number of anilines is 1. The average Bonchev–Trinajstić information content (AvgIpc) is 2.90. The molecule has 0 saturated heterocycles. The van der Waals surface area contributed by atoms with E-state index in [4.69, 9.17) is 4.74 Å². The van der Waals surface area contributed by atoms with E-state index in [2.05, 4.69) is 18.5 Å². The number of hydrogen-bond acceptors (Lipinski definition) is 6. The number of esters is 1. The molecule has 3 rings (SSSR count). The summed E-state index contributed by atoms with van der Waals surface area (Å²) in [6.45, 7) is 8.67. The predicted octanol–water partition coefficient (Wildman–Crippen LogP) is 4.40. The van der Waals surface area contributed by atoms with Crippen molar-refractivity contribution in [3.8, 4) is 12.0 Å². The number of carbonyl (C=O) groups excluding carboxylic acids is 1. The van der Waals surface area contributed by atoms with E-state index in [1.165, 1.54) is 30.3 Å². The molecule has 0 saturated carbocycles. The van der Waals surface area contributed by atoms with Crippen LogP contribution in [0, 0.1) is 25.8 Å². The van der Waals surface area contributed by atoms with Gasteiger partial charge in [-0.25, -0.2) is 25.9 Å². The molecule has 0 unspecified atom stereocenters. The zero-order valence-corrected chi connectivity index (χ0v) is 23.6. The molecule has 0 bridgehead atoms. The van der Waals surface area contributed by atoms with E-state index in [0.29, 0.717) is 5.56 Å². The average molecular weight is 567 g/mol. The van der Waals surface area contributed by atoms with Crippen LogP contribution in [0.3, 0.4) is 0 Å². The molecule has 39 heavy (non-hydrogen) atoms. The molecule has 0 atom stereocenters. The lowest BCUT2D eigenvalue weighted by molar-refractivity contribution is -0.136. The molecule has 3 aromatic carbocycles. The van der Waals surface area contributed by atoms with Gasteiger partial charge in [-0.05, 0) is 56.7 Å². The maximum absolute atomic E-state index is 13.7. The van der Waals surface area contributed by atoms with Crippen molar-refractivity contribution in [2.45, 2.75) is 37.1 Å². The number of para-hydroxylation sites is 1. The summed E-state index contributed by atoms with van der Waals surface area (Å²) in [4.78, 5) is 12.0. The van der Waals surface area contributed by atoms with E-state index < -0.39 is 26.0 Å². The van der Waals surface area contributed by atoms with Crippen molar-refractivity contribution in [2.24, 2.45) is 0 Å². The number of hydrogen-bond donors (Lipinski definition) is 0. The maximum atomic E-state index is 13.7. The summed E-state index contributed by atoms with van der Waals surface area (Å²) < 4.78 is 61.4. The number of rotatable bonds is 10. The van der Waals surface area contributed by atoms with E-state index >= 15 is 0 Å². The van der Waals surface area contributed by atoms with Crippen molar-refractivity contribution in [2.75, 3.05) is 17.5 Å². The minimum absolute atomic E-state index is 0.0287. The Kier molecular flexibility index (Phi) is 9.56. The summed E-state index contributed by atoms with van der Waals surface area (Å²) in [7, 11) is -8.24. The number of sulfonamides is 2. The van der Waals surface area contributed by atoms with E-state index in [9.17, 15) is 21.6 Å². The fraction of sp³-hybridized carbons (Fsp3) is 0.207. The zero-order valence-electron chi connectivity index (χ0n) is 22.0. The van der Waals surface area contributed by atoms with Gasteiger partial charge in [-0.1, -0.05) is 59.7 Å². The number of ether oxygens (including phenoxy) is 1. The van der Waals surface area contributed by atoms with Gasteiger partial charge >= 0.3 is 5.97 Å². The van der Waals surface area contributed by atoms with E-state index in [-0.39, 0.29) is 35.2 Å². The lowest BCUT2D eigenvalue weighted by Crippen LogP contribution is -2.33. The largest absolute Gasteiger partial charge is 0.456 e. The fourth-order valence-corrected chi connectivity index (χ4v) is 6.30. The SMILES string of the molecule is C=CCN(c1ccccc1CN(C#CC(=O)OCC)S(=O)(=O)c1ccc(C)cc1)S(=O)(=O)c1ccc(C)cc1. The Labute approximate surface area is 230 Å². The molecule has 0 aliphatic rings. The predicted molar refractivity (Wildman–Crippen MR) is 151 cm³/mol. The van der Waals surface area contributed by atoms with Crippen molar-refractivity contribution in [1.29, 1.82) is 0 Å². The van der Waals surface area contributed by atoms with Crippen LogP contribution in [0.1, 0.15) is 23.6 Å². The van der Waals surface area contributed by atoms with Gasteiger partial charge in [0.05, 0.1) is 35.2 Å². The quantitative estimate of drug-likeness (QED) is 0.156. The molecule has 8 nitrogen and oxygen atoms in total. The first-order valence-electron chi connectivity index (χ1n) is 12.1. The van der Waals surface area contributed by atoms with Crippen LogP contribution in [0.15, 0.2) is 95.2 Å². The van der Waals surface area contributed by atoms with Crippen molar-refractivity contribution in [3.63, 3.8) is 0 Å². The van der Waals surface area contributed by atoms with Gasteiger partial charge in [0, 0.05) is 12.0 Å². The van der Waals surface area contributed by atoms with Crippen molar-refractivity contribution in [3.05, 3.63) is 102 Å². The lowest BCUT2D eigenvalue weighted by atomic mass is 10.1. The Morgan fingerprint density at radius 3 is 1.95 bits per heavy atom. The van der Waals surface area contributed by atoms with Crippen LogP contribution < -0.4 is 4.31 Å². The van der Waals surface area contributed by atoms with Crippen LogP contribution in [-0.2, 0) is 36.1 Å². The molecule has 0 amide bonds. The maximum Gasteiger partial charge on any atom is 0.386 e. The second kappa shape index (κ2) is 12.7. The third kappa shape index (κ3) is 7.07. The summed E-state index contributed by atoms with van der Waals surface area (Å²) in [6, 6.07) is 21.6. The normalized spacial score (nSPS) is 11.2. The van der Waals surface area contributed by atoms with E-state index in [0.717, 1.165) is 19.7 Å². The number of aryl methyl sites for hydroxylation is 2. The summed E-state index contributed by atoms with van der Waals surface area (Å²) in [5.74, 6) is 1.33. The Morgan fingerprint density at radius 1 is 0.872 bits per heavy atom. The Morgan fingerprint density at radius 2 is 1.41 bits per heavy atom. The third-order valence-electron chi connectivity index (χ3n) is 5.65. The van der Waals surface area contributed by atoms with Crippen molar-refractivity contribution >= 4 is 31.7 Å². The molecule has 0 fully saturated rings. The second-order valence-corrected chi connectivity index (χ2v) is 12.3. The van der Waals surface area contributed by atoms with Gasteiger partial charge < -0.3 is 4.74 Å². The highest BCUT2D eigenvalue weighted by Crippen LogP contribution is 2.29. The molecule has 10 heteroatoms. The topological polar surface area (TPSA) is 101 Å². The lowest BCUT2D eigenvalue weighted by Gasteiger charge is -2.27. The van der Waals surface area contributed by atoms with Gasteiger partial charge in [0.25, 0.3) is 20.0 Å². The highest BCUT2D eigenvalue weighted by molar-refractivity contribution is 7.92. The van der Waals surface area contributed by atoms with Crippen LogP contribution in [-0.4, -0.2) is 40.3 Å². The zero-order chi connectivity index (χ0) is 28.6. The summed E-state index contributed by atoms with van der Waals surface area (Å²) in [6.07, 6.45) is 1.45. The smallest absolute Gasteiger partial charge is 0.386 e. The Hall–Kier alpha value is -4.07. The molecule has 0 aliphatic heterocycles. The Balaban J connectivity index is 2.12.